The highest BCUT2D eigenvalue weighted by Gasteiger charge is 2.53. The molecule has 0 bridgehead atoms. The lowest BCUT2D eigenvalue weighted by atomic mass is 9.70. The fourth-order valence-corrected chi connectivity index (χ4v) is 9.69. The number of anilines is 3. The van der Waals surface area contributed by atoms with E-state index in [1.807, 2.05) is 6.07 Å². The van der Waals surface area contributed by atoms with Crippen molar-refractivity contribution in [2.75, 3.05) is 4.90 Å². The Morgan fingerprint density at radius 2 is 0.776 bits per heavy atom. The van der Waals surface area contributed by atoms with Crippen LogP contribution in [0.25, 0.3) is 44.5 Å². The standard InChI is InChI=1S/C55H35NO2/c1-3-14-36(15-4-1)38-26-30-40(31-27-38)56(41-32-28-39(29-33-41)37-16-5-2-6-17-37)49-24-13-25-50-53(49)58-54-51(57-50)35-34-48-52(54)44-20-9-12-23-47(44)55(48)45-21-10-7-18-42(45)43-19-8-11-22-46(43)55/h1-35H. The van der Waals surface area contributed by atoms with Gasteiger partial charge < -0.3 is 14.4 Å². The molecule has 0 amide bonds. The molecular formula is C55H35NO2. The molecule has 0 radical (unpaired) electrons. The van der Waals surface area contributed by atoms with Crippen molar-refractivity contribution in [3.8, 4) is 67.5 Å². The Bertz CT molecular complexity index is 2910. The fraction of sp³-hybridized carbons (Fsp3) is 0.0182. The molecule has 9 aromatic carbocycles. The van der Waals surface area contributed by atoms with E-state index >= 15 is 0 Å². The van der Waals surface area contributed by atoms with Gasteiger partial charge in [0.05, 0.1) is 11.1 Å². The van der Waals surface area contributed by atoms with Crippen LogP contribution in [0.2, 0.25) is 0 Å². The summed E-state index contributed by atoms with van der Waals surface area (Å²) in [7, 11) is 0. The van der Waals surface area contributed by atoms with Crippen molar-refractivity contribution >= 4 is 17.1 Å². The molecule has 58 heavy (non-hydrogen) atoms. The first-order chi connectivity index (χ1) is 28.8. The molecule has 3 aliphatic rings. The monoisotopic (exact) mass is 741 g/mol. The second-order valence-corrected chi connectivity index (χ2v) is 15.2. The van der Waals surface area contributed by atoms with Gasteiger partial charge >= 0.3 is 0 Å². The highest BCUT2D eigenvalue weighted by Crippen LogP contribution is 2.66. The molecule has 1 spiro atoms. The summed E-state index contributed by atoms with van der Waals surface area (Å²) in [6, 6.07) is 75.7. The zero-order valence-corrected chi connectivity index (χ0v) is 31.5. The van der Waals surface area contributed by atoms with Crippen LogP contribution in [0.4, 0.5) is 17.1 Å². The molecule has 2 aliphatic carbocycles. The van der Waals surface area contributed by atoms with E-state index in [4.69, 9.17) is 9.47 Å². The summed E-state index contributed by atoms with van der Waals surface area (Å²) >= 11 is 0. The molecule has 0 fully saturated rings. The van der Waals surface area contributed by atoms with E-state index in [1.165, 1.54) is 44.5 Å². The Morgan fingerprint density at radius 1 is 0.310 bits per heavy atom. The van der Waals surface area contributed by atoms with Gasteiger partial charge in [0.1, 0.15) is 0 Å². The van der Waals surface area contributed by atoms with Crippen LogP contribution in [0.15, 0.2) is 212 Å². The summed E-state index contributed by atoms with van der Waals surface area (Å²) in [5.74, 6) is 2.80. The summed E-state index contributed by atoms with van der Waals surface area (Å²) in [5, 5.41) is 0. The summed E-state index contributed by atoms with van der Waals surface area (Å²) < 4.78 is 14.2. The second kappa shape index (κ2) is 12.7. The Hall–Kier alpha value is -7.62. The van der Waals surface area contributed by atoms with Crippen LogP contribution in [0, 0.1) is 0 Å². The number of ether oxygens (including phenoxy) is 2. The van der Waals surface area contributed by atoms with Crippen molar-refractivity contribution < 1.29 is 9.47 Å². The molecular weight excluding hydrogens is 707 g/mol. The highest BCUT2D eigenvalue weighted by molar-refractivity contribution is 5.98. The molecule has 12 rings (SSSR count). The lowest BCUT2D eigenvalue weighted by molar-refractivity contribution is 0.361. The highest BCUT2D eigenvalue weighted by atomic mass is 16.6. The minimum atomic E-state index is -0.482. The Labute approximate surface area is 337 Å². The molecule has 272 valence electrons. The fourth-order valence-electron chi connectivity index (χ4n) is 9.69. The van der Waals surface area contributed by atoms with Crippen molar-refractivity contribution in [3.05, 3.63) is 235 Å². The maximum absolute atomic E-state index is 7.33. The Morgan fingerprint density at radius 3 is 1.34 bits per heavy atom. The first-order valence-electron chi connectivity index (χ1n) is 19.8. The number of nitrogens with zero attached hydrogens (tertiary/aromatic N) is 1. The number of benzene rings is 9. The summed E-state index contributed by atoms with van der Waals surface area (Å²) in [5.41, 5.74) is 16.9. The molecule has 3 nitrogen and oxygen atoms in total. The van der Waals surface area contributed by atoms with E-state index < -0.39 is 5.41 Å². The lowest BCUT2D eigenvalue weighted by Gasteiger charge is -2.32. The van der Waals surface area contributed by atoms with E-state index in [-0.39, 0.29) is 0 Å². The van der Waals surface area contributed by atoms with Crippen LogP contribution < -0.4 is 14.4 Å². The Balaban J connectivity index is 1.03. The van der Waals surface area contributed by atoms with Gasteiger partial charge in [-0.3, -0.25) is 0 Å². The first kappa shape index (κ1) is 32.6. The molecule has 3 heteroatoms. The predicted octanol–water partition coefficient (Wildman–Crippen LogP) is 14.7. The third kappa shape index (κ3) is 4.68. The normalized spacial score (nSPS) is 13.2. The molecule has 0 unspecified atom stereocenters. The molecule has 1 heterocycles. The summed E-state index contributed by atoms with van der Waals surface area (Å²) in [6.07, 6.45) is 0. The number of hydrogen-bond donors (Lipinski definition) is 0. The maximum Gasteiger partial charge on any atom is 0.194 e. The van der Waals surface area contributed by atoms with Gasteiger partial charge in [-0.1, -0.05) is 170 Å². The van der Waals surface area contributed by atoms with Crippen molar-refractivity contribution in [3.63, 3.8) is 0 Å². The van der Waals surface area contributed by atoms with Crippen molar-refractivity contribution in [1.29, 1.82) is 0 Å². The molecule has 0 aromatic heterocycles. The topological polar surface area (TPSA) is 21.7 Å². The van der Waals surface area contributed by atoms with Crippen LogP contribution in [0.3, 0.4) is 0 Å². The van der Waals surface area contributed by atoms with Crippen molar-refractivity contribution in [2.45, 2.75) is 5.41 Å². The zero-order valence-electron chi connectivity index (χ0n) is 31.5. The third-order valence-corrected chi connectivity index (χ3v) is 12.2. The smallest absolute Gasteiger partial charge is 0.194 e. The van der Waals surface area contributed by atoms with Crippen LogP contribution in [-0.2, 0) is 5.41 Å². The van der Waals surface area contributed by atoms with Crippen molar-refractivity contribution in [2.24, 2.45) is 0 Å². The lowest BCUT2D eigenvalue weighted by Crippen LogP contribution is -2.25. The molecule has 1 aliphatic heterocycles. The number of fused-ring (bicyclic) bond motifs is 13. The maximum atomic E-state index is 7.33. The average molecular weight is 742 g/mol. The molecule has 0 atom stereocenters. The van der Waals surface area contributed by atoms with E-state index in [9.17, 15) is 0 Å². The molecule has 9 aromatic rings. The number of rotatable bonds is 5. The summed E-state index contributed by atoms with van der Waals surface area (Å²) in [4.78, 5) is 2.28. The van der Waals surface area contributed by atoms with Crippen LogP contribution >= 0.6 is 0 Å². The predicted molar refractivity (Wildman–Crippen MR) is 235 cm³/mol. The molecule has 0 saturated heterocycles. The van der Waals surface area contributed by atoms with Crippen LogP contribution in [0.1, 0.15) is 22.3 Å². The quantitative estimate of drug-likeness (QED) is 0.175. The van der Waals surface area contributed by atoms with E-state index in [0.717, 1.165) is 45.1 Å². The van der Waals surface area contributed by atoms with Gasteiger partial charge in [0.25, 0.3) is 0 Å². The minimum absolute atomic E-state index is 0.482. The van der Waals surface area contributed by atoms with Gasteiger partial charge in [0.2, 0.25) is 0 Å². The van der Waals surface area contributed by atoms with Gasteiger partial charge in [-0.2, -0.15) is 0 Å². The van der Waals surface area contributed by atoms with E-state index in [2.05, 4.69) is 211 Å². The SMILES string of the molecule is c1ccc(-c2ccc(N(c3ccc(-c4ccccc4)cc3)c3cccc4c3Oc3c(ccc5c3-c3ccccc3C53c5ccccc5-c5ccccc53)O4)cc2)cc1. The first-order valence-corrected chi connectivity index (χ1v) is 19.8. The van der Waals surface area contributed by atoms with E-state index in [0.29, 0.717) is 17.2 Å². The third-order valence-electron chi connectivity index (χ3n) is 12.2. The van der Waals surface area contributed by atoms with Crippen LogP contribution in [0.5, 0.6) is 23.0 Å². The largest absolute Gasteiger partial charge is 0.449 e. The number of para-hydroxylation sites is 1. The number of hydrogen-bond acceptors (Lipinski definition) is 3. The van der Waals surface area contributed by atoms with Crippen molar-refractivity contribution in [1.82, 2.24) is 0 Å². The second-order valence-electron chi connectivity index (χ2n) is 15.2. The zero-order chi connectivity index (χ0) is 38.2. The molecule has 0 N–H and O–H groups in total. The van der Waals surface area contributed by atoms with Gasteiger partial charge in [0, 0.05) is 16.9 Å². The van der Waals surface area contributed by atoms with Crippen LogP contribution in [-0.4, -0.2) is 0 Å². The van der Waals surface area contributed by atoms with Gasteiger partial charge in [-0.15, -0.1) is 0 Å². The van der Waals surface area contributed by atoms with Gasteiger partial charge in [-0.25, -0.2) is 0 Å². The van der Waals surface area contributed by atoms with E-state index in [1.54, 1.807) is 0 Å². The van der Waals surface area contributed by atoms with Gasteiger partial charge in [0.15, 0.2) is 23.0 Å². The summed E-state index contributed by atoms with van der Waals surface area (Å²) in [6.45, 7) is 0. The average Bonchev–Trinajstić information content (AvgIpc) is 3.77. The minimum Gasteiger partial charge on any atom is -0.449 e. The van der Waals surface area contributed by atoms with Gasteiger partial charge in [-0.05, 0) is 104 Å². The molecule has 0 saturated carbocycles. The Kier molecular flexibility index (Phi) is 7.14.